The lowest BCUT2D eigenvalue weighted by atomic mass is 10.0. The fourth-order valence-electron chi connectivity index (χ4n) is 1.83. The molecule has 0 fully saturated rings. The number of amides is 1. The van der Waals surface area contributed by atoms with Crippen LogP contribution in [0.4, 0.5) is 10.1 Å². The van der Waals surface area contributed by atoms with E-state index < -0.39 is 5.82 Å². The number of hydrogen-bond donors (Lipinski definition) is 1. The molecule has 1 unspecified atom stereocenters. The summed E-state index contributed by atoms with van der Waals surface area (Å²) in [4.78, 5) is 22.9. The maximum absolute atomic E-state index is 13.6. The Hall–Kier alpha value is -1.42. The molecule has 1 aromatic rings. The minimum atomic E-state index is -0.570. The van der Waals surface area contributed by atoms with E-state index in [1.54, 1.807) is 13.0 Å². The summed E-state index contributed by atoms with van der Waals surface area (Å²) in [5, 5.41) is 2.13. The number of ketones is 1. The lowest BCUT2D eigenvalue weighted by Crippen LogP contribution is -2.06. The molecule has 1 aliphatic heterocycles. The first-order chi connectivity index (χ1) is 7.97. The Morgan fingerprint density at radius 2 is 2.29 bits per heavy atom. The molecule has 0 aliphatic carbocycles. The van der Waals surface area contributed by atoms with Crippen molar-refractivity contribution in [3.05, 3.63) is 29.1 Å². The molecule has 1 aliphatic rings. The molecule has 0 saturated heterocycles. The number of alkyl halides is 1. The first-order valence-electron chi connectivity index (χ1n) is 5.27. The van der Waals surface area contributed by atoms with Gasteiger partial charge in [-0.25, -0.2) is 4.39 Å². The highest BCUT2D eigenvalue weighted by Gasteiger charge is 2.23. The molecule has 17 heavy (non-hydrogen) atoms. The molecule has 0 radical (unpaired) electrons. The predicted molar refractivity (Wildman–Crippen MR) is 63.0 cm³/mol. The van der Waals surface area contributed by atoms with Crippen LogP contribution in [0.5, 0.6) is 0 Å². The molecule has 0 saturated carbocycles. The third kappa shape index (κ3) is 2.47. The molecule has 0 aromatic heterocycles. The van der Waals surface area contributed by atoms with E-state index in [2.05, 4.69) is 5.32 Å². The molecule has 1 amide bonds. The van der Waals surface area contributed by atoms with Gasteiger partial charge in [0.2, 0.25) is 5.91 Å². The van der Waals surface area contributed by atoms with Crippen molar-refractivity contribution in [2.75, 3.05) is 5.32 Å². The van der Waals surface area contributed by atoms with Crippen LogP contribution >= 0.6 is 11.6 Å². The molecule has 90 valence electrons. The molecule has 3 nitrogen and oxygen atoms in total. The molecule has 5 heteroatoms. The van der Waals surface area contributed by atoms with Gasteiger partial charge in [0, 0.05) is 17.4 Å². The minimum absolute atomic E-state index is 0.115. The van der Waals surface area contributed by atoms with Crippen molar-refractivity contribution in [1.29, 1.82) is 0 Å². The predicted octanol–water partition coefficient (Wildman–Crippen LogP) is 2.52. The summed E-state index contributed by atoms with van der Waals surface area (Å²) in [6, 6.07) is 2.70. The van der Waals surface area contributed by atoms with Gasteiger partial charge >= 0.3 is 0 Å². The largest absolute Gasteiger partial charge is 0.323 e. The van der Waals surface area contributed by atoms with Crippen molar-refractivity contribution in [3.63, 3.8) is 0 Å². The Bertz CT molecular complexity index is 500. The Morgan fingerprint density at radius 1 is 1.59 bits per heavy atom. The highest BCUT2D eigenvalue weighted by atomic mass is 35.5. The van der Waals surface area contributed by atoms with Gasteiger partial charge in [0.05, 0.1) is 12.1 Å². The molecule has 2 rings (SSSR count). The van der Waals surface area contributed by atoms with E-state index in [4.69, 9.17) is 11.6 Å². The number of halogens is 2. The highest BCUT2D eigenvalue weighted by molar-refractivity contribution is 6.22. The maximum Gasteiger partial charge on any atom is 0.228 e. The Kier molecular flexibility index (Phi) is 3.15. The topological polar surface area (TPSA) is 46.2 Å². The number of rotatable bonds is 3. The number of carbonyl (C=O) groups is 2. The molecular formula is C12H11ClFNO2. The van der Waals surface area contributed by atoms with Gasteiger partial charge in [0.15, 0.2) is 5.78 Å². The summed E-state index contributed by atoms with van der Waals surface area (Å²) in [6.45, 7) is 1.70. The van der Waals surface area contributed by atoms with E-state index in [0.717, 1.165) is 6.07 Å². The van der Waals surface area contributed by atoms with Crippen LogP contribution in [0.1, 0.15) is 29.3 Å². The summed E-state index contributed by atoms with van der Waals surface area (Å²) >= 11 is 5.72. The van der Waals surface area contributed by atoms with Gasteiger partial charge in [-0.05, 0) is 24.6 Å². The zero-order chi connectivity index (χ0) is 12.6. The zero-order valence-electron chi connectivity index (χ0n) is 9.22. The second-order valence-electron chi connectivity index (χ2n) is 4.13. The normalized spacial score (nSPS) is 15.4. The SMILES string of the molecule is CC(Cl)CC(=O)c1cc(F)c2c(c1)CC(=O)N2. The number of benzene rings is 1. The van der Waals surface area contributed by atoms with Gasteiger partial charge in [0.25, 0.3) is 0 Å². The van der Waals surface area contributed by atoms with Crippen LogP contribution in [-0.4, -0.2) is 17.1 Å². The Morgan fingerprint density at radius 3 is 2.94 bits per heavy atom. The van der Waals surface area contributed by atoms with Crippen molar-refractivity contribution >= 4 is 29.0 Å². The summed E-state index contributed by atoms with van der Waals surface area (Å²) in [7, 11) is 0. The van der Waals surface area contributed by atoms with Gasteiger partial charge in [-0.15, -0.1) is 11.6 Å². The number of anilines is 1. The maximum atomic E-state index is 13.6. The van der Waals surface area contributed by atoms with Gasteiger partial charge in [0.1, 0.15) is 5.82 Å². The third-order valence-electron chi connectivity index (χ3n) is 2.58. The van der Waals surface area contributed by atoms with E-state index in [-0.39, 0.29) is 41.2 Å². The van der Waals surface area contributed by atoms with Gasteiger partial charge in [-0.1, -0.05) is 0 Å². The fraction of sp³-hybridized carbons (Fsp3) is 0.333. The van der Waals surface area contributed by atoms with Gasteiger partial charge in [-0.3, -0.25) is 9.59 Å². The van der Waals surface area contributed by atoms with Crippen LogP contribution in [-0.2, 0) is 11.2 Å². The molecule has 1 N–H and O–H groups in total. The average Bonchev–Trinajstić information content (AvgIpc) is 2.58. The Balaban J connectivity index is 2.33. The van der Waals surface area contributed by atoms with E-state index in [1.165, 1.54) is 0 Å². The zero-order valence-corrected chi connectivity index (χ0v) is 9.97. The van der Waals surface area contributed by atoms with Crippen LogP contribution in [0, 0.1) is 5.82 Å². The molecule has 1 aromatic carbocycles. The van der Waals surface area contributed by atoms with Crippen molar-refractivity contribution in [1.82, 2.24) is 0 Å². The Labute approximate surface area is 103 Å². The number of hydrogen-bond acceptors (Lipinski definition) is 2. The van der Waals surface area contributed by atoms with Crippen LogP contribution in [0.25, 0.3) is 0 Å². The summed E-state index contributed by atoms with van der Waals surface area (Å²) in [5.74, 6) is -1.04. The summed E-state index contributed by atoms with van der Waals surface area (Å²) in [6.07, 6.45) is 0.269. The van der Waals surface area contributed by atoms with Crippen LogP contribution in [0.3, 0.4) is 0 Å². The van der Waals surface area contributed by atoms with E-state index in [9.17, 15) is 14.0 Å². The summed E-state index contributed by atoms with van der Waals surface area (Å²) < 4.78 is 13.6. The fourth-order valence-corrected chi connectivity index (χ4v) is 1.97. The number of Topliss-reactive ketones (excluding diaryl/α,β-unsaturated/α-hetero) is 1. The first kappa shape index (κ1) is 12.0. The van der Waals surface area contributed by atoms with Crippen LogP contribution < -0.4 is 5.32 Å². The molecular weight excluding hydrogens is 245 g/mol. The molecule has 1 atom stereocenters. The van der Waals surface area contributed by atoms with Crippen LogP contribution in [0.2, 0.25) is 0 Å². The second kappa shape index (κ2) is 4.45. The quantitative estimate of drug-likeness (QED) is 0.666. The number of carbonyl (C=O) groups excluding carboxylic acids is 2. The standard InChI is InChI=1S/C12H11ClFNO2/c1-6(13)2-10(16)7-3-8-5-11(17)15-12(8)9(14)4-7/h3-4,6H,2,5H2,1H3,(H,15,17). The van der Waals surface area contributed by atoms with E-state index in [1.807, 2.05) is 0 Å². The van der Waals surface area contributed by atoms with Gasteiger partial charge < -0.3 is 5.32 Å². The van der Waals surface area contributed by atoms with Crippen molar-refractivity contribution in [2.45, 2.75) is 25.1 Å². The molecule has 0 spiro atoms. The third-order valence-corrected chi connectivity index (χ3v) is 2.73. The smallest absolute Gasteiger partial charge is 0.228 e. The molecule has 1 heterocycles. The van der Waals surface area contributed by atoms with Gasteiger partial charge in [-0.2, -0.15) is 0 Å². The summed E-state index contributed by atoms with van der Waals surface area (Å²) in [5.41, 5.74) is 0.983. The molecule has 0 bridgehead atoms. The number of nitrogens with one attached hydrogen (secondary N) is 1. The lowest BCUT2D eigenvalue weighted by molar-refractivity contribution is -0.115. The van der Waals surface area contributed by atoms with Crippen molar-refractivity contribution in [3.8, 4) is 0 Å². The second-order valence-corrected chi connectivity index (χ2v) is 4.87. The van der Waals surface area contributed by atoms with Crippen molar-refractivity contribution in [2.24, 2.45) is 0 Å². The van der Waals surface area contributed by atoms with Crippen LogP contribution in [0.15, 0.2) is 12.1 Å². The minimum Gasteiger partial charge on any atom is -0.323 e. The highest BCUT2D eigenvalue weighted by Crippen LogP contribution is 2.28. The lowest BCUT2D eigenvalue weighted by Gasteiger charge is -2.06. The average molecular weight is 256 g/mol. The van der Waals surface area contributed by atoms with E-state index in [0.29, 0.717) is 5.56 Å². The van der Waals surface area contributed by atoms with E-state index >= 15 is 0 Å². The number of fused-ring (bicyclic) bond motifs is 1. The van der Waals surface area contributed by atoms with Crippen molar-refractivity contribution < 1.29 is 14.0 Å². The monoisotopic (exact) mass is 255 g/mol. The first-order valence-corrected chi connectivity index (χ1v) is 5.70.